The lowest BCUT2D eigenvalue weighted by Crippen LogP contribution is -2.29. The number of H-pyrrole nitrogens is 1. The first-order valence-electron chi connectivity index (χ1n) is 4.90. The Labute approximate surface area is 95.5 Å². The molecule has 1 aromatic carbocycles. The first-order chi connectivity index (χ1) is 8.18. The number of hydrogen-bond acceptors (Lipinski definition) is 4. The molecule has 0 unspecified atom stereocenters. The van der Waals surface area contributed by atoms with Crippen molar-refractivity contribution in [3.63, 3.8) is 0 Å². The summed E-state index contributed by atoms with van der Waals surface area (Å²) >= 11 is 0. The van der Waals surface area contributed by atoms with Crippen LogP contribution in [0.3, 0.4) is 0 Å². The summed E-state index contributed by atoms with van der Waals surface area (Å²) in [6.07, 6.45) is 0. The van der Waals surface area contributed by atoms with Crippen LogP contribution in [-0.4, -0.2) is 27.1 Å². The molecule has 2 amide bonds. The van der Waals surface area contributed by atoms with Crippen LogP contribution in [-0.2, 0) is 0 Å². The molecule has 17 heavy (non-hydrogen) atoms. The number of aromatic hydroxyl groups is 1. The molecule has 0 aliphatic carbocycles. The van der Waals surface area contributed by atoms with Crippen LogP contribution in [0.2, 0.25) is 0 Å². The molecule has 0 atom stereocenters. The Hall–Kier alpha value is -2.63. The van der Waals surface area contributed by atoms with E-state index < -0.39 is 11.8 Å². The summed E-state index contributed by atoms with van der Waals surface area (Å²) in [6.45, 7) is 0. The monoisotopic (exact) mass is 229 g/mol. The van der Waals surface area contributed by atoms with E-state index in [1.54, 1.807) is 24.3 Å². The lowest BCUT2D eigenvalue weighted by atomic mass is 10.1. The lowest BCUT2D eigenvalue weighted by Gasteiger charge is -2.09. The molecule has 0 bridgehead atoms. The molecule has 1 aliphatic heterocycles. The summed E-state index contributed by atoms with van der Waals surface area (Å²) < 4.78 is 0. The quantitative estimate of drug-likeness (QED) is 0.712. The van der Waals surface area contributed by atoms with Gasteiger partial charge in [0.2, 0.25) is 5.88 Å². The van der Waals surface area contributed by atoms with E-state index >= 15 is 0 Å². The topological polar surface area (TPSA) is 86.3 Å². The smallest absolute Gasteiger partial charge is 0.267 e. The molecule has 1 aromatic heterocycles. The van der Waals surface area contributed by atoms with Crippen LogP contribution in [0.25, 0.3) is 0 Å². The molecule has 1 aliphatic rings. The van der Waals surface area contributed by atoms with Crippen molar-refractivity contribution in [3.8, 4) is 5.88 Å². The van der Waals surface area contributed by atoms with E-state index in [1.807, 2.05) is 0 Å². The van der Waals surface area contributed by atoms with Crippen molar-refractivity contribution in [1.29, 1.82) is 0 Å². The van der Waals surface area contributed by atoms with Gasteiger partial charge < -0.3 is 5.11 Å². The molecular weight excluding hydrogens is 222 g/mol. The average molecular weight is 229 g/mol. The largest absolute Gasteiger partial charge is 0.492 e. The predicted molar refractivity (Wildman–Crippen MR) is 57.8 cm³/mol. The van der Waals surface area contributed by atoms with Crippen LogP contribution in [0.15, 0.2) is 30.3 Å². The zero-order chi connectivity index (χ0) is 12.0. The van der Waals surface area contributed by atoms with Gasteiger partial charge in [0.1, 0.15) is 5.82 Å². The van der Waals surface area contributed by atoms with Crippen LogP contribution in [0.5, 0.6) is 5.88 Å². The summed E-state index contributed by atoms with van der Waals surface area (Å²) in [5.41, 5.74) is 0.707. The van der Waals surface area contributed by atoms with Crippen molar-refractivity contribution >= 4 is 17.6 Å². The minimum atomic E-state index is -0.422. The molecule has 2 heterocycles. The van der Waals surface area contributed by atoms with Crippen LogP contribution in [0, 0.1) is 0 Å². The highest BCUT2D eigenvalue weighted by atomic mass is 16.3. The molecule has 0 saturated carbocycles. The Morgan fingerprint density at radius 2 is 1.71 bits per heavy atom. The SMILES string of the molecule is O=C1c2ccccc2C(=O)N1c1cc(O)n[nH]1. The van der Waals surface area contributed by atoms with E-state index in [2.05, 4.69) is 10.2 Å². The fraction of sp³-hybridized carbons (Fsp3) is 0. The minimum Gasteiger partial charge on any atom is -0.492 e. The number of anilines is 1. The van der Waals surface area contributed by atoms with E-state index in [-0.39, 0.29) is 11.7 Å². The van der Waals surface area contributed by atoms with Crippen molar-refractivity contribution in [1.82, 2.24) is 10.2 Å². The van der Waals surface area contributed by atoms with Gasteiger partial charge in [-0.05, 0) is 12.1 Å². The lowest BCUT2D eigenvalue weighted by molar-refractivity contribution is 0.0925. The number of hydrogen-bond donors (Lipinski definition) is 2. The highest BCUT2D eigenvalue weighted by Crippen LogP contribution is 2.27. The molecule has 6 heteroatoms. The van der Waals surface area contributed by atoms with Gasteiger partial charge in [0, 0.05) is 6.07 Å². The standard InChI is InChI=1S/C11H7N3O3/c15-9-5-8(12-13-9)14-10(16)6-3-1-2-4-7(6)11(14)17/h1-5H,(H2,12,13,15). The van der Waals surface area contributed by atoms with E-state index in [0.29, 0.717) is 11.1 Å². The predicted octanol–water partition coefficient (Wildman–Crippen LogP) is 0.916. The van der Waals surface area contributed by atoms with Gasteiger partial charge in [-0.15, -0.1) is 5.10 Å². The second kappa shape index (κ2) is 3.18. The van der Waals surface area contributed by atoms with E-state index in [4.69, 9.17) is 5.11 Å². The maximum Gasteiger partial charge on any atom is 0.267 e. The van der Waals surface area contributed by atoms with Gasteiger partial charge in [0.25, 0.3) is 11.8 Å². The van der Waals surface area contributed by atoms with Crippen molar-refractivity contribution in [3.05, 3.63) is 41.5 Å². The highest BCUT2D eigenvalue weighted by molar-refractivity contribution is 6.34. The molecule has 0 fully saturated rings. The summed E-state index contributed by atoms with van der Waals surface area (Å²) in [5.74, 6) is -0.950. The number of rotatable bonds is 1. The zero-order valence-electron chi connectivity index (χ0n) is 8.54. The van der Waals surface area contributed by atoms with Crippen LogP contribution >= 0.6 is 0 Å². The van der Waals surface area contributed by atoms with Crippen molar-refractivity contribution in [2.24, 2.45) is 0 Å². The first-order valence-corrected chi connectivity index (χ1v) is 4.90. The second-order valence-electron chi connectivity index (χ2n) is 3.60. The van der Waals surface area contributed by atoms with Gasteiger partial charge in [0.05, 0.1) is 11.1 Å². The molecule has 84 valence electrons. The van der Waals surface area contributed by atoms with Gasteiger partial charge in [-0.1, -0.05) is 12.1 Å². The Balaban J connectivity index is 2.12. The van der Waals surface area contributed by atoms with E-state index in [0.717, 1.165) is 4.90 Å². The number of nitrogens with zero attached hydrogens (tertiary/aromatic N) is 2. The highest BCUT2D eigenvalue weighted by Gasteiger charge is 2.37. The molecule has 3 rings (SSSR count). The van der Waals surface area contributed by atoms with Gasteiger partial charge in [0.15, 0.2) is 0 Å². The molecule has 2 aromatic rings. The van der Waals surface area contributed by atoms with E-state index in [1.165, 1.54) is 6.07 Å². The van der Waals surface area contributed by atoms with Crippen molar-refractivity contribution in [2.75, 3.05) is 4.90 Å². The molecule has 6 nitrogen and oxygen atoms in total. The number of carbonyl (C=O) groups is 2. The number of aromatic amines is 1. The van der Waals surface area contributed by atoms with Gasteiger partial charge in [-0.2, -0.15) is 0 Å². The molecule has 0 spiro atoms. The van der Waals surface area contributed by atoms with Crippen LogP contribution in [0.4, 0.5) is 5.82 Å². The molecule has 0 saturated heterocycles. The molecule has 0 radical (unpaired) electrons. The maximum absolute atomic E-state index is 12.0. The molecule has 2 N–H and O–H groups in total. The number of aromatic nitrogens is 2. The summed E-state index contributed by atoms with van der Waals surface area (Å²) in [5, 5.41) is 15.0. The fourth-order valence-electron chi connectivity index (χ4n) is 1.82. The van der Waals surface area contributed by atoms with Crippen LogP contribution < -0.4 is 4.90 Å². The number of fused-ring (bicyclic) bond motifs is 1. The maximum atomic E-state index is 12.0. The summed E-state index contributed by atoms with van der Waals surface area (Å²) in [7, 11) is 0. The average Bonchev–Trinajstić information content (AvgIpc) is 2.84. The zero-order valence-corrected chi connectivity index (χ0v) is 8.54. The third-order valence-electron chi connectivity index (χ3n) is 2.59. The van der Waals surface area contributed by atoms with E-state index in [9.17, 15) is 9.59 Å². The van der Waals surface area contributed by atoms with Gasteiger partial charge in [-0.25, -0.2) is 4.90 Å². The summed E-state index contributed by atoms with van der Waals surface area (Å²) in [4.78, 5) is 24.9. The van der Waals surface area contributed by atoms with Crippen LogP contribution in [0.1, 0.15) is 20.7 Å². The summed E-state index contributed by atoms with van der Waals surface area (Å²) in [6, 6.07) is 7.79. The number of imide groups is 1. The van der Waals surface area contributed by atoms with Gasteiger partial charge >= 0.3 is 0 Å². The Bertz CT molecular complexity index is 597. The number of amides is 2. The normalized spacial score (nSPS) is 14.2. The third kappa shape index (κ3) is 1.24. The second-order valence-corrected chi connectivity index (χ2v) is 3.60. The third-order valence-corrected chi connectivity index (χ3v) is 2.59. The Morgan fingerprint density at radius 3 is 2.18 bits per heavy atom. The van der Waals surface area contributed by atoms with Crippen molar-refractivity contribution < 1.29 is 14.7 Å². The minimum absolute atomic E-state index is 0.161. The number of nitrogens with one attached hydrogen (secondary N) is 1. The number of carbonyl (C=O) groups excluding carboxylic acids is 2. The number of benzene rings is 1. The Morgan fingerprint density at radius 1 is 1.12 bits per heavy atom. The Kier molecular flexibility index (Phi) is 1.79. The first kappa shape index (κ1) is 9.59. The molecular formula is C11H7N3O3. The van der Waals surface area contributed by atoms with Gasteiger partial charge in [-0.3, -0.25) is 14.7 Å². The van der Waals surface area contributed by atoms with Crippen molar-refractivity contribution in [2.45, 2.75) is 0 Å². The fourth-order valence-corrected chi connectivity index (χ4v) is 1.82.